The minimum atomic E-state index is 0.648. The molecule has 0 bridgehead atoms. The van der Waals surface area contributed by atoms with Gasteiger partial charge in [-0.05, 0) is 23.8 Å². The molecule has 0 saturated carbocycles. The predicted octanol–water partition coefficient (Wildman–Crippen LogP) is 3.55. The summed E-state index contributed by atoms with van der Waals surface area (Å²) in [6.07, 6.45) is 4.82. The first-order valence-corrected chi connectivity index (χ1v) is 6.03. The van der Waals surface area contributed by atoms with E-state index in [-0.39, 0.29) is 0 Å². The smallest absolute Gasteiger partial charge is 0.150 e. The van der Waals surface area contributed by atoms with Gasteiger partial charge >= 0.3 is 0 Å². The van der Waals surface area contributed by atoms with Crippen molar-refractivity contribution >= 4 is 29.3 Å². The Morgan fingerprint density at radius 3 is 2.58 bits per heavy atom. The van der Waals surface area contributed by atoms with Crippen LogP contribution >= 0.6 is 0 Å². The summed E-state index contributed by atoms with van der Waals surface area (Å²) in [4.78, 5) is 10.7. The average Bonchev–Trinajstić information content (AvgIpc) is 2.88. The fraction of sp³-hybridized carbons (Fsp3) is 0. The van der Waals surface area contributed by atoms with Crippen molar-refractivity contribution in [3.63, 3.8) is 0 Å². The van der Waals surface area contributed by atoms with Gasteiger partial charge in [-0.25, -0.2) is 0 Å². The second kappa shape index (κ2) is 4.90. The van der Waals surface area contributed by atoms with Crippen LogP contribution in [0.1, 0.15) is 21.6 Å². The van der Waals surface area contributed by atoms with Gasteiger partial charge in [0.2, 0.25) is 0 Å². The topological polar surface area (TPSA) is 45.8 Å². The predicted molar refractivity (Wildman–Crippen MR) is 76.9 cm³/mol. The zero-order chi connectivity index (χ0) is 13.1. The number of aldehydes is 1. The molecule has 0 unspecified atom stereocenters. The van der Waals surface area contributed by atoms with Crippen molar-refractivity contribution in [2.24, 2.45) is 0 Å². The molecule has 92 valence electrons. The highest BCUT2D eigenvalue weighted by atomic mass is 16.1. The van der Waals surface area contributed by atoms with Gasteiger partial charge in [0.1, 0.15) is 6.29 Å². The van der Waals surface area contributed by atoms with Crippen molar-refractivity contribution in [2.75, 3.05) is 0 Å². The normalized spacial score (nSPS) is 11.2. The number of benzene rings is 2. The lowest BCUT2D eigenvalue weighted by Gasteiger charge is -1.93. The third-order valence-corrected chi connectivity index (χ3v) is 2.99. The Bertz CT molecular complexity index is 742. The number of aromatic nitrogens is 2. The lowest BCUT2D eigenvalue weighted by atomic mass is 10.1. The third kappa shape index (κ3) is 2.31. The van der Waals surface area contributed by atoms with Gasteiger partial charge in [0.15, 0.2) is 0 Å². The number of rotatable bonds is 3. The highest BCUT2D eigenvalue weighted by Crippen LogP contribution is 2.19. The third-order valence-electron chi connectivity index (χ3n) is 2.99. The van der Waals surface area contributed by atoms with Gasteiger partial charge in [-0.1, -0.05) is 42.5 Å². The van der Waals surface area contributed by atoms with E-state index in [1.165, 1.54) is 0 Å². The molecule has 0 atom stereocenters. The number of fused-ring (bicyclic) bond motifs is 1. The molecule has 3 heteroatoms. The molecule has 3 nitrogen and oxygen atoms in total. The van der Waals surface area contributed by atoms with Gasteiger partial charge in [-0.15, -0.1) is 0 Å². The second-order valence-corrected chi connectivity index (χ2v) is 4.28. The Kier molecular flexibility index (Phi) is 2.94. The quantitative estimate of drug-likeness (QED) is 0.720. The maximum Gasteiger partial charge on any atom is 0.150 e. The van der Waals surface area contributed by atoms with Gasteiger partial charge in [-0.3, -0.25) is 9.89 Å². The molecule has 0 aliphatic heterocycles. The molecule has 1 N–H and O–H groups in total. The summed E-state index contributed by atoms with van der Waals surface area (Å²) in [7, 11) is 0. The van der Waals surface area contributed by atoms with E-state index in [1.54, 1.807) is 12.1 Å². The molecule has 3 rings (SSSR count). The van der Waals surface area contributed by atoms with Crippen LogP contribution in [0.5, 0.6) is 0 Å². The molecule has 19 heavy (non-hydrogen) atoms. The maximum absolute atomic E-state index is 10.7. The molecule has 0 aliphatic rings. The van der Waals surface area contributed by atoms with Crippen LogP contribution in [0.25, 0.3) is 23.1 Å². The second-order valence-electron chi connectivity index (χ2n) is 4.28. The molecular weight excluding hydrogens is 236 g/mol. The molecular formula is C16H12N2O. The number of H-pyrrole nitrogens is 1. The zero-order valence-electron chi connectivity index (χ0n) is 10.2. The fourth-order valence-electron chi connectivity index (χ4n) is 2.00. The van der Waals surface area contributed by atoms with E-state index < -0.39 is 0 Å². The summed E-state index contributed by atoms with van der Waals surface area (Å²) >= 11 is 0. The van der Waals surface area contributed by atoms with E-state index in [0.29, 0.717) is 5.56 Å². The summed E-state index contributed by atoms with van der Waals surface area (Å²) in [5, 5.41) is 8.21. The van der Waals surface area contributed by atoms with Crippen LogP contribution in [-0.4, -0.2) is 16.5 Å². The Morgan fingerprint density at radius 2 is 1.79 bits per heavy atom. The molecule has 1 heterocycles. The number of hydrogen-bond acceptors (Lipinski definition) is 2. The molecule has 0 spiro atoms. The van der Waals surface area contributed by atoms with Crippen LogP contribution in [0.3, 0.4) is 0 Å². The minimum Gasteiger partial charge on any atom is -0.298 e. The highest BCUT2D eigenvalue weighted by molar-refractivity contribution is 5.92. The Morgan fingerprint density at radius 1 is 0.947 bits per heavy atom. The van der Waals surface area contributed by atoms with Crippen molar-refractivity contribution in [1.82, 2.24) is 10.2 Å². The summed E-state index contributed by atoms with van der Waals surface area (Å²) < 4.78 is 0. The standard InChI is InChI=1S/C16H12N2O/c19-11-13-6-8-14-15(17-18-16(14)10-13)9-7-12-4-2-1-3-5-12/h1-11H,(H,17,18)/b9-7+. The number of aromatic amines is 1. The van der Waals surface area contributed by atoms with E-state index in [9.17, 15) is 4.79 Å². The van der Waals surface area contributed by atoms with Gasteiger partial charge in [0.25, 0.3) is 0 Å². The van der Waals surface area contributed by atoms with Crippen molar-refractivity contribution in [1.29, 1.82) is 0 Å². The lowest BCUT2D eigenvalue weighted by molar-refractivity contribution is 0.112. The first-order chi connectivity index (χ1) is 9.36. The molecule has 0 amide bonds. The van der Waals surface area contributed by atoms with Crippen LogP contribution in [-0.2, 0) is 0 Å². The van der Waals surface area contributed by atoms with Gasteiger partial charge < -0.3 is 0 Å². The molecule has 2 aromatic carbocycles. The van der Waals surface area contributed by atoms with E-state index in [1.807, 2.05) is 48.6 Å². The summed E-state index contributed by atoms with van der Waals surface area (Å²) in [6, 6.07) is 15.6. The Balaban J connectivity index is 1.98. The van der Waals surface area contributed by atoms with Gasteiger partial charge in [0.05, 0.1) is 11.2 Å². The largest absolute Gasteiger partial charge is 0.298 e. The molecule has 1 aromatic heterocycles. The van der Waals surface area contributed by atoms with Gasteiger partial charge in [0, 0.05) is 10.9 Å². The zero-order valence-corrected chi connectivity index (χ0v) is 10.2. The number of carbonyl (C=O) groups is 1. The Labute approximate surface area is 110 Å². The van der Waals surface area contributed by atoms with Crippen LogP contribution in [0.15, 0.2) is 48.5 Å². The van der Waals surface area contributed by atoms with E-state index in [0.717, 1.165) is 28.4 Å². The Hall–Kier alpha value is -2.68. The van der Waals surface area contributed by atoms with Crippen molar-refractivity contribution < 1.29 is 4.79 Å². The maximum atomic E-state index is 10.7. The summed E-state index contributed by atoms with van der Waals surface area (Å²) in [6.45, 7) is 0. The van der Waals surface area contributed by atoms with E-state index >= 15 is 0 Å². The van der Waals surface area contributed by atoms with Crippen molar-refractivity contribution in [3.05, 3.63) is 65.4 Å². The SMILES string of the molecule is O=Cc1ccc2c(/C=C/c3ccccc3)n[nH]c2c1. The highest BCUT2D eigenvalue weighted by Gasteiger charge is 2.03. The first-order valence-electron chi connectivity index (χ1n) is 6.03. The molecule has 0 radical (unpaired) electrons. The van der Waals surface area contributed by atoms with Crippen LogP contribution in [0, 0.1) is 0 Å². The number of nitrogens with one attached hydrogen (secondary N) is 1. The molecule has 3 aromatic rings. The first kappa shape index (κ1) is 11.4. The summed E-state index contributed by atoms with van der Waals surface area (Å²) in [5.74, 6) is 0. The number of hydrogen-bond donors (Lipinski definition) is 1. The lowest BCUT2D eigenvalue weighted by Crippen LogP contribution is -1.78. The van der Waals surface area contributed by atoms with Crippen LogP contribution < -0.4 is 0 Å². The van der Waals surface area contributed by atoms with Crippen LogP contribution in [0.4, 0.5) is 0 Å². The monoisotopic (exact) mass is 248 g/mol. The van der Waals surface area contributed by atoms with Crippen molar-refractivity contribution in [3.8, 4) is 0 Å². The van der Waals surface area contributed by atoms with Crippen LogP contribution in [0.2, 0.25) is 0 Å². The minimum absolute atomic E-state index is 0.648. The fourth-order valence-corrected chi connectivity index (χ4v) is 2.00. The average molecular weight is 248 g/mol. The molecule has 0 saturated heterocycles. The van der Waals surface area contributed by atoms with Gasteiger partial charge in [-0.2, -0.15) is 5.10 Å². The number of nitrogens with zero attached hydrogens (tertiary/aromatic N) is 1. The van der Waals surface area contributed by atoms with E-state index in [4.69, 9.17) is 0 Å². The molecule has 0 aliphatic carbocycles. The summed E-state index contributed by atoms with van der Waals surface area (Å²) in [5.41, 5.74) is 3.52. The molecule has 0 fully saturated rings. The van der Waals surface area contributed by atoms with Crippen molar-refractivity contribution in [2.45, 2.75) is 0 Å². The van der Waals surface area contributed by atoms with E-state index in [2.05, 4.69) is 10.2 Å². The number of carbonyl (C=O) groups excluding carboxylic acids is 1.